The molecule has 1 aliphatic rings. The highest BCUT2D eigenvalue weighted by Crippen LogP contribution is 2.17. The predicted octanol–water partition coefficient (Wildman–Crippen LogP) is 1.77. The Bertz CT molecular complexity index is 517. The maximum absolute atomic E-state index is 12.4. The molecule has 1 saturated heterocycles. The summed E-state index contributed by atoms with van der Waals surface area (Å²) in [6, 6.07) is 2.15. The van der Waals surface area contributed by atoms with E-state index < -0.39 is 0 Å². The van der Waals surface area contributed by atoms with Gasteiger partial charge in [0, 0.05) is 38.2 Å². The molecule has 1 aromatic heterocycles. The van der Waals surface area contributed by atoms with Gasteiger partial charge in [0.1, 0.15) is 12.0 Å². The molecule has 2 N–H and O–H groups in total. The van der Waals surface area contributed by atoms with Gasteiger partial charge in [-0.05, 0) is 25.7 Å². The lowest BCUT2D eigenvalue weighted by molar-refractivity contribution is -0.136. The number of rotatable bonds is 6. The molecular weight excluding hydrogens is 306 g/mol. The second-order valence-corrected chi connectivity index (χ2v) is 6.17. The van der Waals surface area contributed by atoms with E-state index in [9.17, 15) is 4.79 Å². The molecule has 7 nitrogen and oxygen atoms in total. The zero-order chi connectivity index (χ0) is 17.4. The number of nitrogens with one attached hydrogen (secondary N) is 2. The van der Waals surface area contributed by atoms with E-state index in [0.717, 1.165) is 50.4 Å². The van der Waals surface area contributed by atoms with Crippen molar-refractivity contribution in [1.29, 1.82) is 0 Å². The molecule has 0 unspecified atom stereocenters. The van der Waals surface area contributed by atoms with Crippen LogP contribution in [0.1, 0.15) is 45.2 Å². The van der Waals surface area contributed by atoms with Crippen LogP contribution in [0.25, 0.3) is 0 Å². The molecule has 1 fully saturated rings. The summed E-state index contributed by atoms with van der Waals surface area (Å²) in [6.45, 7) is 6.37. The zero-order valence-electron chi connectivity index (χ0n) is 14.9. The molecule has 134 valence electrons. The van der Waals surface area contributed by atoms with Crippen molar-refractivity contribution in [3.63, 3.8) is 0 Å². The van der Waals surface area contributed by atoms with Crippen molar-refractivity contribution >= 4 is 11.9 Å². The van der Waals surface area contributed by atoms with E-state index in [4.69, 9.17) is 4.52 Å². The molecule has 2 heterocycles. The molecule has 0 aliphatic carbocycles. The van der Waals surface area contributed by atoms with Crippen LogP contribution in [0.15, 0.2) is 21.8 Å². The number of aromatic nitrogens is 1. The average molecular weight is 335 g/mol. The van der Waals surface area contributed by atoms with E-state index in [-0.39, 0.29) is 5.92 Å². The quantitative estimate of drug-likeness (QED) is 0.611. The first-order valence-electron chi connectivity index (χ1n) is 8.83. The fourth-order valence-corrected chi connectivity index (χ4v) is 3.03. The van der Waals surface area contributed by atoms with E-state index >= 15 is 0 Å². The molecule has 1 amide bonds. The SMILES string of the molecule is CCC(CC)C(=O)N1CCC(NC(=NC)NCc2ccon2)CC1. The summed E-state index contributed by atoms with van der Waals surface area (Å²) < 4.78 is 4.81. The smallest absolute Gasteiger partial charge is 0.225 e. The lowest BCUT2D eigenvalue weighted by atomic mass is 9.98. The average Bonchev–Trinajstić information content (AvgIpc) is 3.13. The number of nitrogens with zero attached hydrogens (tertiary/aromatic N) is 3. The van der Waals surface area contributed by atoms with Crippen LogP contribution in [-0.2, 0) is 11.3 Å². The number of carbonyl (C=O) groups is 1. The van der Waals surface area contributed by atoms with Gasteiger partial charge in [0.25, 0.3) is 0 Å². The minimum Gasteiger partial charge on any atom is -0.364 e. The van der Waals surface area contributed by atoms with Crippen molar-refractivity contribution in [1.82, 2.24) is 20.7 Å². The molecule has 0 atom stereocenters. The normalized spacial score (nSPS) is 16.5. The van der Waals surface area contributed by atoms with Crippen molar-refractivity contribution in [2.24, 2.45) is 10.9 Å². The molecule has 0 spiro atoms. The lowest BCUT2D eigenvalue weighted by Crippen LogP contribution is -2.50. The maximum atomic E-state index is 12.4. The lowest BCUT2D eigenvalue weighted by Gasteiger charge is -2.34. The molecule has 7 heteroatoms. The molecule has 0 bridgehead atoms. The summed E-state index contributed by atoms with van der Waals surface area (Å²) in [5.74, 6) is 1.24. The Labute approximate surface area is 143 Å². The van der Waals surface area contributed by atoms with E-state index in [1.807, 2.05) is 11.0 Å². The maximum Gasteiger partial charge on any atom is 0.225 e. The van der Waals surface area contributed by atoms with Gasteiger partial charge < -0.3 is 20.1 Å². The zero-order valence-corrected chi connectivity index (χ0v) is 14.9. The van der Waals surface area contributed by atoms with Crippen molar-refractivity contribution < 1.29 is 9.32 Å². The minimum absolute atomic E-state index is 0.173. The topological polar surface area (TPSA) is 82.8 Å². The van der Waals surface area contributed by atoms with Crippen LogP contribution in [0.4, 0.5) is 0 Å². The van der Waals surface area contributed by atoms with Crippen molar-refractivity contribution in [2.75, 3.05) is 20.1 Å². The molecule has 0 radical (unpaired) electrons. The van der Waals surface area contributed by atoms with E-state index in [2.05, 4.69) is 34.6 Å². The van der Waals surface area contributed by atoms with Gasteiger partial charge in [-0.15, -0.1) is 0 Å². The fourth-order valence-electron chi connectivity index (χ4n) is 3.03. The summed E-state index contributed by atoms with van der Waals surface area (Å²) in [5, 5.41) is 10.5. The van der Waals surface area contributed by atoms with E-state index in [1.165, 1.54) is 0 Å². The van der Waals surface area contributed by atoms with Crippen molar-refractivity contribution in [3.05, 3.63) is 18.0 Å². The van der Waals surface area contributed by atoms with Crippen LogP contribution < -0.4 is 10.6 Å². The van der Waals surface area contributed by atoms with E-state index in [1.54, 1.807) is 13.3 Å². The van der Waals surface area contributed by atoms with Crippen LogP contribution in [-0.4, -0.2) is 48.1 Å². The third kappa shape index (κ3) is 4.97. The first kappa shape index (κ1) is 18.3. The largest absolute Gasteiger partial charge is 0.364 e. The Balaban J connectivity index is 1.76. The van der Waals surface area contributed by atoms with Crippen LogP contribution in [0.5, 0.6) is 0 Å². The number of hydrogen-bond acceptors (Lipinski definition) is 4. The first-order valence-corrected chi connectivity index (χ1v) is 8.83. The Morgan fingerprint density at radius 3 is 2.67 bits per heavy atom. The summed E-state index contributed by atoms with van der Waals surface area (Å²) in [5.41, 5.74) is 0.837. The highest BCUT2D eigenvalue weighted by Gasteiger charge is 2.26. The van der Waals surface area contributed by atoms with E-state index in [0.29, 0.717) is 18.5 Å². The second-order valence-electron chi connectivity index (χ2n) is 6.17. The Morgan fingerprint density at radius 2 is 2.12 bits per heavy atom. The van der Waals surface area contributed by atoms with Gasteiger partial charge in [-0.2, -0.15) is 0 Å². The number of carbonyl (C=O) groups excluding carboxylic acids is 1. The van der Waals surface area contributed by atoms with Crippen molar-refractivity contribution in [2.45, 2.75) is 52.1 Å². The number of likely N-dealkylation sites (tertiary alicyclic amines) is 1. The van der Waals surface area contributed by atoms with Crippen LogP contribution in [0.2, 0.25) is 0 Å². The highest BCUT2D eigenvalue weighted by molar-refractivity contribution is 5.80. The van der Waals surface area contributed by atoms with Gasteiger partial charge in [0.05, 0.1) is 6.54 Å². The molecular formula is C17H29N5O2. The molecule has 24 heavy (non-hydrogen) atoms. The van der Waals surface area contributed by atoms with Gasteiger partial charge in [0.15, 0.2) is 5.96 Å². The molecule has 1 aliphatic heterocycles. The Hall–Kier alpha value is -2.05. The number of guanidine groups is 1. The van der Waals surface area contributed by atoms with Gasteiger partial charge in [-0.25, -0.2) is 0 Å². The Kier molecular flexibility index (Phi) is 7.08. The summed E-state index contributed by atoms with van der Waals surface area (Å²) in [7, 11) is 1.75. The van der Waals surface area contributed by atoms with Gasteiger partial charge in [-0.3, -0.25) is 9.79 Å². The van der Waals surface area contributed by atoms with Gasteiger partial charge >= 0.3 is 0 Å². The third-order valence-electron chi connectivity index (χ3n) is 4.63. The van der Waals surface area contributed by atoms with Crippen LogP contribution >= 0.6 is 0 Å². The monoisotopic (exact) mass is 335 g/mol. The summed E-state index contributed by atoms with van der Waals surface area (Å²) >= 11 is 0. The third-order valence-corrected chi connectivity index (χ3v) is 4.63. The minimum atomic E-state index is 0.173. The fraction of sp³-hybridized carbons (Fsp3) is 0.706. The number of hydrogen-bond donors (Lipinski definition) is 2. The summed E-state index contributed by atoms with van der Waals surface area (Å²) in [6.07, 6.45) is 5.28. The summed E-state index contributed by atoms with van der Waals surface area (Å²) in [4.78, 5) is 18.7. The van der Waals surface area contributed by atoms with Crippen LogP contribution in [0.3, 0.4) is 0 Å². The second kappa shape index (κ2) is 9.30. The van der Waals surface area contributed by atoms with Gasteiger partial charge in [-0.1, -0.05) is 19.0 Å². The number of amides is 1. The molecule has 0 aromatic carbocycles. The standard InChI is InChI=1S/C17H29N5O2/c1-4-13(5-2)16(23)22-9-6-14(7-10-22)20-17(18-3)19-12-15-8-11-24-21-15/h8,11,13-14H,4-7,9-10,12H2,1-3H3,(H2,18,19,20). The van der Waals surface area contributed by atoms with Crippen molar-refractivity contribution in [3.8, 4) is 0 Å². The molecule has 2 rings (SSSR count). The number of aliphatic imine (C=N–C) groups is 1. The number of piperidine rings is 1. The molecule has 1 aromatic rings. The highest BCUT2D eigenvalue weighted by atomic mass is 16.5. The molecule has 0 saturated carbocycles. The predicted molar refractivity (Wildman–Crippen MR) is 93.5 cm³/mol. The van der Waals surface area contributed by atoms with Gasteiger partial charge in [0.2, 0.25) is 5.91 Å². The van der Waals surface area contributed by atoms with Crippen LogP contribution in [0, 0.1) is 5.92 Å². The Morgan fingerprint density at radius 1 is 1.42 bits per heavy atom. The first-order chi connectivity index (χ1) is 11.7.